The third kappa shape index (κ3) is 3.78. The van der Waals surface area contributed by atoms with Gasteiger partial charge in [-0.15, -0.1) is 11.3 Å². The summed E-state index contributed by atoms with van der Waals surface area (Å²) in [6.07, 6.45) is 3.69. The molecule has 5 atom stereocenters. The van der Waals surface area contributed by atoms with Gasteiger partial charge in [-0.2, -0.15) is 5.26 Å². The zero-order valence-electron chi connectivity index (χ0n) is 20.8. The van der Waals surface area contributed by atoms with E-state index >= 15 is 0 Å². The zero-order valence-corrected chi connectivity index (χ0v) is 21.6. The Bertz CT molecular complexity index is 1300. The Morgan fingerprint density at radius 1 is 1.17 bits per heavy atom. The Hall–Kier alpha value is -2.98. The summed E-state index contributed by atoms with van der Waals surface area (Å²) in [5.74, 6) is 1.59. The van der Waals surface area contributed by atoms with Crippen LogP contribution in [0.5, 0.6) is 0 Å². The fourth-order valence-electron chi connectivity index (χ4n) is 6.71. The minimum Gasteiger partial charge on any atom is -0.387 e. The monoisotopic (exact) mass is 500 g/mol. The second-order valence-electron chi connectivity index (χ2n) is 11.3. The van der Waals surface area contributed by atoms with Crippen LogP contribution < -0.4 is 5.73 Å². The zero-order chi connectivity index (χ0) is 25.2. The Labute approximate surface area is 216 Å². The molecular formula is C29H32N4O2S. The molecule has 2 N–H and O–H groups in total. The topological polar surface area (TPSA) is 99.5 Å². The molecule has 1 aromatic carbocycles. The highest BCUT2D eigenvalue weighted by Crippen LogP contribution is 2.56. The van der Waals surface area contributed by atoms with Gasteiger partial charge in [0, 0.05) is 35.7 Å². The first-order chi connectivity index (χ1) is 17.3. The molecule has 0 radical (unpaired) electrons. The standard InChI is InChI=1S/C29H32N4O2S/c1-16-23-24(16)27(31)32-29(2,22-13-21(15-36-22)20-5-3-4-17(12-20)14-30)25(26(23)34)18-8-10-33(11-9-18)28(35)19-6-7-19/h3-5,12-13,15-16,18-19,23-25H,6-11H2,1-2H3,(H2,31,32)/t16?,23?,24?,25-,29-/m1/s1. The number of rotatable bonds is 4. The number of hydrogen-bond acceptors (Lipinski definition) is 6. The van der Waals surface area contributed by atoms with E-state index in [4.69, 9.17) is 10.7 Å². The first-order valence-corrected chi connectivity index (χ1v) is 14.0. The first-order valence-electron chi connectivity index (χ1n) is 13.1. The van der Waals surface area contributed by atoms with Crippen LogP contribution in [0, 0.1) is 46.8 Å². The van der Waals surface area contributed by atoms with Gasteiger partial charge in [0.2, 0.25) is 5.91 Å². The van der Waals surface area contributed by atoms with Gasteiger partial charge in [0.25, 0.3) is 0 Å². The van der Waals surface area contributed by atoms with Crippen molar-refractivity contribution in [3.8, 4) is 17.2 Å². The Morgan fingerprint density at radius 3 is 2.61 bits per heavy atom. The quantitative estimate of drug-likeness (QED) is 0.664. The van der Waals surface area contributed by atoms with Gasteiger partial charge in [-0.1, -0.05) is 19.1 Å². The molecule has 0 spiro atoms. The van der Waals surface area contributed by atoms with Gasteiger partial charge < -0.3 is 10.6 Å². The van der Waals surface area contributed by atoms with Crippen LogP contribution in [0.3, 0.4) is 0 Å². The molecule has 0 bridgehead atoms. The van der Waals surface area contributed by atoms with Gasteiger partial charge in [0.15, 0.2) is 0 Å². The highest BCUT2D eigenvalue weighted by atomic mass is 32.1. The summed E-state index contributed by atoms with van der Waals surface area (Å²) in [6, 6.07) is 11.9. The number of aliphatic imine (C=N–C) groups is 1. The molecule has 1 saturated heterocycles. The van der Waals surface area contributed by atoms with E-state index in [0.29, 0.717) is 23.1 Å². The molecule has 2 aliphatic carbocycles. The van der Waals surface area contributed by atoms with E-state index in [9.17, 15) is 14.9 Å². The van der Waals surface area contributed by atoms with E-state index < -0.39 is 5.54 Å². The van der Waals surface area contributed by atoms with Crippen LogP contribution in [0.4, 0.5) is 0 Å². The van der Waals surface area contributed by atoms with Gasteiger partial charge in [-0.3, -0.25) is 14.6 Å². The average Bonchev–Trinajstić information content (AvgIpc) is 3.79. The minimum atomic E-state index is -0.739. The van der Waals surface area contributed by atoms with Crippen molar-refractivity contribution in [2.24, 2.45) is 46.2 Å². The Kier molecular flexibility index (Phi) is 5.56. The largest absolute Gasteiger partial charge is 0.387 e. The van der Waals surface area contributed by atoms with Crippen LogP contribution in [0.15, 0.2) is 40.7 Å². The molecule has 186 valence electrons. The van der Waals surface area contributed by atoms with Crippen LogP contribution in [-0.2, 0) is 15.1 Å². The van der Waals surface area contributed by atoms with E-state index in [0.717, 1.165) is 54.8 Å². The van der Waals surface area contributed by atoms with Gasteiger partial charge in [-0.25, -0.2) is 0 Å². The fraction of sp³-hybridized carbons (Fsp3) is 0.517. The van der Waals surface area contributed by atoms with Gasteiger partial charge >= 0.3 is 0 Å². The third-order valence-electron chi connectivity index (χ3n) is 9.00. The van der Waals surface area contributed by atoms with Crippen LogP contribution >= 0.6 is 11.3 Å². The number of likely N-dealkylation sites (tertiary alicyclic amines) is 1. The summed E-state index contributed by atoms with van der Waals surface area (Å²) in [4.78, 5) is 34.9. The maximum absolute atomic E-state index is 14.1. The predicted molar refractivity (Wildman–Crippen MR) is 140 cm³/mol. The van der Waals surface area contributed by atoms with Crippen LogP contribution in [0.2, 0.25) is 0 Å². The maximum Gasteiger partial charge on any atom is 0.225 e. The lowest BCUT2D eigenvalue weighted by molar-refractivity contribution is -0.135. The average molecular weight is 501 g/mol. The van der Waals surface area contributed by atoms with Crippen LogP contribution in [0.25, 0.3) is 11.1 Å². The molecule has 2 aromatic rings. The molecule has 6 nitrogen and oxygen atoms in total. The summed E-state index contributed by atoms with van der Waals surface area (Å²) >= 11 is 1.62. The number of carbonyl (C=O) groups excluding carboxylic acids is 2. The fourth-order valence-corrected chi connectivity index (χ4v) is 7.78. The van der Waals surface area contributed by atoms with Crippen molar-refractivity contribution >= 4 is 28.9 Å². The molecule has 4 aliphatic rings. The van der Waals surface area contributed by atoms with Crippen LogP contribution in [-0.4, -0.2) is 35.5 Å². The second kappa shape index (κ2) is 8.55. The minimum absolute atomic E-state index is 0.0431. The first kappa shape index (κ1) is 23.4. The smallest absolute Gasteiger partial charge is 0.225 e. The normalized spacial score (nSPS) is 32.3. The van der Waals surface area contributed by atoms with Gasteiger partial charge in [0.05, 0.1) is 23.4 Å². The number of fused-ring (bicyclic) bond motifs is 1. The lowest BCUT2D eigenvalue weighted by Gasteiger charge is -2.42. The molecule has 7 heteroatoms. The number of amides is 1. The number of hydrogen-bond donors (Lipinski definition) is 1. The summed E-state index contributed by atoms with van der Waals surface area (Å²) in [6.45, 7) is 5.64. The maximum atomic E-state index is 14.1. The molecule has 36 heavy (non-hydrogen) atoms. The van der Waals surface area contributed by atoms with E-state index in [1.807, 2.05) is 23.1 Å². The third-order valence-corrected chi connectivity index (χ3v) is 10.2. The molecule has 2 saturated carbocycles. The number of ketones is 1. The molecular weight excluding hydrogens is 468 g/mol. The SMILES string of the molecule is CC1C2C(=O)[C@@H](C3CCN(C(=O)C4CC4)CC3)[C@@](C)(c3cc(-c4cccc(C#N)c4)cs3)N=C(N)C12. The van der Waals surface area contributed by atoms with Gasteiger partial charge in [0.1, 0.15) is 11.3 Å². The molecule has 1 aromatic heterocycles. The van der Waals surface area contributed by atoms with E-state index in [1.54, 1.807) is 17.4 Å². The number of carbonyl (C=O) groups is 2. The summed E-state index contributed by atoms with van der Waals surface area (Å²) in [7, 11) is 0. The van der Waals surface area contributed by atoms with Crippen molar-refractivity contribution in [1.29, 1.82) is 5.26 Å². The lowest BCUT2D eigenvalue weighted by atomic mass is 9.69. The number of nitriles is 1. The van der Waals surface area contributed by atoms with E-state index in [2.05, 4.69) is 31.4 Å². The van der Waals surface area contributed by atoms with Crippen molar-refractivity contribution in [2.75, 3.05) is 13.1 Å². The number of nitrogens with two attached hydrogens (primary N) is 1. The number of nitrogens with zero attached hydrogens (tertiary/aromatic N) is 3. The number of amidine groups is 1. The van der Waals surface area contributed by atoms with Crippen LogP contribution in [0.1, 0.15) is 50.0 Å². The number of benzene rings is 1. The van der Waals surface area contributed by atoms with Crippen molar-refractivity contribution in [3.63, 3.8) is 0 Å². The van der Waals surface area contributed by atoms with Crippen molar-refractivity contribution in [2.45, 2.75) is 45.1 Å². The molecule has 1 amide bonds. The van der Waals surface area contributed by atoms with E-state index in [-0.39, 0.29) is 35.5 Å². The number of piperidine rings is 1. The predicted octanol–water partition coefficient (Wildman–Crippen LogP) is 4.59. The summed E-state index contributed by atoms with van der Waals surface area (Å²) < 4.78 is 0. The number of thiophene rings is 1. The molecule has 3 heterocycles. The second-order valence-corrected chi connectivity index (χ2v) is 12.2. The highest BCUT2D eigenvalue weighted by Gasteiger charge is 2.62. The number of Topliss-reactive ketones (excluding diaryl/α,β-unsaturated/α-hetero) is 1. The Morgan fingerprint density at radius 2 is 1.92 bits per heavy atom. The molecule has 3 unspecified atom stereocenters. The molecule has 6 rings (SSSR count). The highest BCUT2D eigenvalue weighted by molar-refractivity contribution is 7.10. The van der Waals surface area contributed by atoms with Crippen molar-refractivity contribution in [3.05, 3.63) is 46.2 Å². The Balaban J connectivity index is 1.35. The summed E-state index contributed by atoms with van der Waals surface area (Å²) in [5, 5.41) is 11.4. The lowest BCUT2D eigenvalue weighted by Crippen LogP contribution is -2.47. The summed E-state index contributed by atoms with van der Waals surface area (Å²) in [5.41, 5.74) is 8.44. The van der Waals surface area contributed by atoms with Crippen molar-refractivity contribution < 1.29 is 9.59 Å². The van der Waals surface area contributed by atoms with E-state index in [1.165, 1.54) is 0 Å². The molecule has 3 fully saturated rings. The van der Waals surface area contributed by atoms with Crippen molar-refractivity contribution in [1.82, 2.24) is 4.90 Å². The molecule has 2 aliphatic heterocycles. The van der Waals surface area contributed by atoms with Gasteiger partial charge in [-0.05, 0) is 79.1 Å².